The fourth-order valence-corrected chi connectivity index (χ4v) is 4.42. The van der Waals surface area contributed by atoms with E-state index in [1.54, 1.807) is 6.92 Å². The van der Waals surface area contributed by atoms with Gasteiger partial charge < -0.3 is 10.2 Å². The van der Waals surface area contributed by atoms with Gasteiger partial charge in [-0.05, 0) is 37.0 Å². The van der Waals surface area contributed by atoms with Crippen LogP contribution in [0.3, 0.4) is 0 Å². The molecule has 0 saturated carbocycles. The molecule has 1 atom stereocenters. The van der Waals surface area contributed by atoms with Gasteiger partial charge in [0.25, 0.3) is 0 Å². The lowest BCUT2D eigenvalue weighted by Crippen LogP contribution is -2.48. The van der Waals surface area contributed by atoms with Gasteiger partial charge in [-0.25, -0.2) is 17.2 Å². The normalized spacial score (nSPS) is 12.3. The molecule has 0 saturated heterocycles. The number of hydrogen-bond donors (Lipinski definition) is 1. The van der Waals surface area contributed by atoms with Crippen LogP contribution in [0.1, 0.15) is 39.2 Å². The molecule has 0 aromatic heterocycles. The number of nitrogens with zero attached hydrogens (tertiary/aromatic N) is 2. The second-order valence-corrected chi connectivity index (χ2v) is 10.8. The van der Waals surface area contributed by atoms with Crippen LogP contribution in [0.15, 0.2) is 48.5 Å². The van der Waals surface area contributed by atoms with Crippen LogP contribution in [0, 0.1) is 17.6 Å². The molecule has 7 nitrogen and oxygen atoms in total. The molecule has 0 aliphatic rings. The molecule has 0 radical (unpaired) electrons. The topological polar surface area (TPSA) is 86.8 Å². The molecule has 0 aliphatic heterocycles. The van der Waals surface area contributed by atoms with E-state index in [-0.39, 0.29) is 49.4 Å². The molecule has 0 spiro atoms. The minimum absolute atomic E-state index is 0.0265. The van der Waals surface area contributed by atoms with Crippen molar-refractivity contribution in [1.29, 1.82) is 0 Å². The van der Waals surface area contributed by atoms with E-state index >= 15 is 0 Å². The predicted octanol–water partition coefficient (Wildman–Crippen LogP) is 3.70. The monoisotopic (exact) mass is 509 g/mol. The summed E-state index contributed by atoms with van der Waals surface area (Å²) in [6, 6.07) is 11.3. The highest BCUT2D eigenvalue weighted by molar-refractivity contribution is 7.92. The van der Waals surface area contributed by atoms with Crippen molar-refractivity contribution in [3.63, 3.8) is 0 Å². The van der Waals surface area contributed by atoms with E-state index in [9.17, 15) is 26.8 Å². The number of benzene rings is 2. The van der Waals surface area contributed by atoms with Crippen molar-refractivity contribution < 1.29 is 26.8 Å². The Kier molecular flexibility index (Phi) is 10.2. The number of halogens is 2. The van der Waals surface area contributed by atoms with Crippen molar-refractivity contribution in [1.82, 2.24) is 10.2 Å². The highest BCUT2D eigenvalue weighted by Crippen LogP contribution is 2.21. The van der Waals surface area contributed by atoms with E-state index in [1.807, 2.05) is 44.2 Å². The SMILES string of the molecule is CC(C)CNC(=O)[C@H](C)N(Cc1ccccc1)C(=O)CCCN(c1ccc(F)c(F)c1)S(C)(=O)=O. The molecule has 1 N–H and O–H groups in total. The molecule has 2 aromatic carbocycles. The van der Waals surface area contributed by atoms with Gasteiger partial charge >= 0.3 is 0 Å². The molecule has 2 rings (SSSR count). The third-order valence-corrected chi connectivity index (χ3v) is 6.58. The van der Waals surface area contributed by atoms with E-state index in [4.69, 9.17) is 0 Å². The number of anilines is 1. The second kappa shape index (κ2) is 12.6. The molecule has 0 unspecified atom stereocenters. The summed E-state index contributed by atoms with van der Waals surface area (Å²) in [5.41, 5.74) is 0.824. The Labute approximate surface area is 206 Å². The number of nitrogens with one attached hydrogen (secondary N) is 1. The molecule has 192 valence electrons. The second-order valence-electron chi connectivity index (χ2n) is 8.86. The summed E-state index contributed by atoms with van der Waals surface area (Å²) in [5.74, 6) is -2.59. The number of sulfonamides is 1. The van der Waals surface area contributed by atoms with Gasteiger partial charge in [-0.2, -0.15) is 0 Å². The third kappa shape index (κ3) is 8.61. The molecule has 2 amide bonds. The summed E-state index contributed by atoms with van der Waals surface area (Å²) in [4.78, 5) is 27.3. The standard InChI is InChI=1S/C25H33F2N3O4S/c1-18(2)16-28-25(32)19(3)29(17-20-9-6-5-7-10-20)24(31)11-8-14-30(35(4,33)34)21-12-13-22(26)23(27)15-21/h5-7,9-10,12-13,15,18-19H,8,11,14,16-17H2,1-4H3,(H,28,32)/t19-/m0/s1. The maximum atomic E-state index is 13.7. The average Bonchev–Trinajstić information content (AvgIpc) is 2.80. The van der Waals surface area contributed by atoms with Crippen molar-refractivity contribution in [2.45, 2.75) is 46.2 Å². The van der Waals surface area contributed by atoms with Crippen molar-refractivity contribution in [2.24, 2.45) is 5.92 Å². The van der Waals surface area contributed by atoms with Gasteiger partial charge in [0.2, 0.25) is 21.8 Å². The van der Waals surface area contributed by atoms with Gasteiger partial charge in [0.1, 0.15) is 6.04 Å². The number of rotatable bonds is 12. The first-order valence-electron chi connectivity index (χ1n) is 11.4. The van der Waals surface area contributed by atoms with E-state index in [1.165, 1.54) is 11.0 Å². The first kappa shape index (κ1) is 28.2. The number of hydrogen-bond acceptors (Lipinski definition) is 4. The van der Waals surface area contributed by atoms with Crippen LogP contribution in [-0.2, 0) is 26.2 Å². The Morgan fingerprint density at radius 2 is 1.66 bits per heavy atom. The van der Waals surface area contributed by atoms with Gasteiger partial charge in [-0.1, -0.05) is 44.2 Å². The van der Waals surface area contributed by atoms with Gasteiger partial charge in [0.15, 0.2) is 11.6 Å². The largest absolute Gasteiger partial charge is 0.354 e. The first-order chi connectivity index (χ1) is 16.4. The summed E-state index contributed by atoms with van der Waals surface area (Å²) in [6.07, 6.45) is 1.04. The molecule has 2 aromatic rings. The highest BCUT2D eigenvalue weighted by Gasteiger charge is 2.27. The predicted molar refractivity (Wildman–Crippen MR) is 132 cm³/mol. The fourth-order valence-electron chi connectivity index (χ4n) is 3.46. The lowest BCUT2D eigenvalue weighted by molar-refractivity contribution is -0.140. The summed E-state index contributed by atoms with van der Waals surface area (Å²) in [5, 5.41) is 2.84. The Morgan fingerprint density at radius 3 is 2.23 bits per heavy atom. The zero-order chi connectivity index (χ0) is 26.2. The molecular formula is C25H33F2N3O4S. The number of amides is 2. The van der Waals surface area contributed by atoms with Crippen LogP contribution in [0.2, 0.25) is 0 Å². The van der Waals surface area contributed by atoms with Crippen LogP contribution < -0.4 is 9.62 Å². The summed E-state index contributed by atoms with van der Waals surface area (Å²) >= 11 is 0. The van der Waals surface area contributed by atoms with Gasteiger partial charge in [0.05, 0.1) is 11.9 Å². The fraction of sp³-hybridized carbons (Fsp3) is 0.440. The molecule has 0 bridgehead atoms. The van der Waals surface area contributed by atoms with Crippen LogP contribution in [0.5, 0.6) is 0 Å². The Hall–Kier alpha value is -3.01. The van der Waals surface area contributed by atoms with E-state index in [0.29, 0.717) is 6.54 Å². The highest BCUT2D eigenvalue weighted by atomic mass is 32.2. The van der Waals surface area contributed by atoms with Crippen LogP contribution in [0.25, 0.3) is 0 Å². The molecule has 0 aliphatic carbocycles. The third-order valence-electron chi connectivity index (χ3n) is 5.39. The van der Waals surface area contributed by atoms with E-state index < -0.39 is 27.7 Å². The van der Waals surface area contributed by atoms with Crippen LogP contribution >= 0.6 is 0 Å². The van der Waals surface area contributed by atoms with Crippen molar-refractivity contribution in [3.05, 3.63) is 65.7 Å². The van der Waals surface area contributed by atoms with Crippen LogP contribution in [0.4, 0.5) is 14.5 Å². The molecule has 0 heterocycles. The lowest BCUT2D eigenvalue weighted by atomic mass is 10.1. The molecule has 0 fully saturated rings. The van der Waals surface area contributed by atoms with Crippen molar-refractivity contribution >= 4 is 27.5 Å². The maximum Gasteiger partial charge on any atom is 0.242 e. The Morgan fingerprint density at radius 1 is 1.00 bits per heavy atom. The Bertz CT molecular complexity index is 1110. The summed E-state index contributed by atoms with van der Waals surface area (Å²) in [6.45, 7) is 6.18. The number of carbonyl (C=O) groups excluding carboxylic acids is 2. The van der Waals surface area contributed by atoms with E-state index in [0.717, 1.165) is 28.3 Å². The Balaban J connectivity index is 2.14. The minimum Gasteiger partial charge on any atom is -0.354 e. The van der Waals surface area contributed by atoms with Crippen molar-refractivity contribution in [3.8, 4) is 0 Å². The number of carbonyl (C=O) groups is 2. The summed E-state index contributed by atoms with van der Waals surface area (Å²) in [7, 11) is -3.80. The average molecular weight is 510 g/mol. The molecule has 10 heteroatoms. The van der Waals surface area contributed by atoms with Crippen molar-refractivity contribution in [2.75, 3.05) is 23.7 Å². The lowest BCUT2D eigenvalue weighted by Gasteiger charge is -2.29. The smallest absolute Gasteiger partial charge is 0.242 e. The zero-order valence-electron chi connectivity index (χ0n) is 20.5. The van der Waals surface area contributed by atoms with Crippen LogP contribution in [-0.4, -0.2) is 50.5 Å². The van der Waals surface area contributed by atoms with Gasteiger partial charge in [-0.15, -0.1) is 0 Å². The molecular weight excluding hydrogens is 476 g/mol. The van der Waals surface area contributed by atoms with Gasteiger partial charge in [-0.3, -0.25) is 13.9 Å². The first-order valence-corrected chi connectivity index (χ1v) is 13.3. The van der Waals surface area contributed by atoms with Gasteiger partial charge in [0, 0.05) is 32.1 Å². The zero-order valence-corrected chi connectivity index (χ0v) is 21.3. The minimum atomic E-state index is -3.80. The maximum absolute atomic E-state index is 13.7. The quantitative estimate of drug-likeness (QED) is 0.473. The van der Waals surface area contributed by atoms with E-state index in [2.05, 4.69) is 5.32 Å². The molecule has 35 heavy (non-hydrogen) atoms. The summed E-state index contributed by atoms with van der Waals surface area (Å²) < 4.78 is 52.4.